The second-order valence-electron chi connectivity index (χ2n) is 13.2. The predicted octanol–water partition coefficient (Wildman–Crippen LogP) is 7.30. The number of benzene rings is 2. The molecule has 0 saturated carbocycles. The molecule has 1 N–H and O–H groups in total. The summed E-state index contributed by atoms with van der Waals surface area (Å²) in [7, 11) is 1.61. The monoisotopic (exact) mass is 603 g/mol. The van der Waals surface area contributed by atoms with Crippen LogP contribution >= 0.6 is 0 Å². The first-order valence-corrected chi connectivity index (χ1v) is 15.1. The Morgan fingerprint density at radius 3 is 1.73 bits per heavy atom. The molecule has 3 amide bonds. The number of nitrogens with zero attached hydrogens (tertiary/aromatic N) is 2. The van der Waals surface area contributed by atoms with Crippen molar-refractivity contribution >= 4 is 34.9 Å². The first kappa shape index (κ1) is 32.6. The van der Waals surface area contributed by atoms with E-state index < -0.39 is 11.2 Å². The average molecular weight is 604 g/mol. The molecule has 236 valence electrons. The van der Waals surface area contributed by atoms with Crippen LogP contribution in [0.25, 0.3) is 11.1 Å². The summed E-state index contributed by atoms with van der Waals surface area (Å²) in [5, 5.41) is 2.99. The van der Waals surface area contributed by atoms with Crippen LogP contribution in [0.4, 0.5) is 15.3 Å². The van der Waals surface area contributed by atoms with Crippen molar-refractivity contribution in [2.45, 2.75) is 72.5 Å². The number of hydrogen-bond acceptors (Lipinski definition) is 6. The molecule has 0 unspecified atom stereocenters. The van der Waals surface area contributed by atoms with Gasteiger partial charge in [0, 0.05) is 49.1 Å². The lowest BCUT2D eigenvalue weighted by molar-refractivity contribution is 0.0260. The first-order valence-electron chi connectivity index (χ1n) is 15.1. The number of nitrogens with one attached hydrogen (secondary N) is 1. The molecule has 2 aliphatic heterocycles. The number of methoxy groups -OCH3 is 1. The molecular formula is C35H45N3O6. The van der Waals surface area contributed by atoms with Gasteiger partial charge in [0.25, 0.3) is 5.91 Å². The lowest BCUT2D eigenvalue weighted by Crippen LogP contribution is -2.39. The molecule has 0 spiro atoms. The fourth-order valence-corrected chi connectivity index (χ4v) is 5.21. The number of hydrogen-bond donors (Lipinski definition) is 1. The van der Waals surface area contributed by atoms with Gasteiger partial charge in [-0.25, -0.2) is 9.59 Å². The second kappa shape index (κ2) is 13.2. The summed E-state index contributed by atoms with van der Waals surface area (Å²) in [5.41, 5.74) is 5.35. The smallest absolute Gasteiger partial charge is 0.410 e. The zero-order valence-electron chi connectivity index (χ0n) is 27.2. The standard InChI is InChI=1S/C35H45N3O6/c1-23-21-26(9-11-28(23)24-13-17-37(18-14-24)32(40)43-34(2,3)4)31(39)36-27-10-12-29(30(22-27)42-8)25-15-19-38(20-16-25)33(41)44-35(5,6)7/h9-13,15,21-22H,14,16-20H2,1-8H3,(H,36,39). The van der Waals surface area contributed by atoms with Crippen molar-refractivity contribution in [2.24, 2.45) is 0 Å². The molecule has 4 rings (SSSR count). The molecule has 2 aromatic carbocycles. The molecule has 0 saturated heterocycles. The number of carbonyl (C=O) groups is 3. The van der Waals surface area contributed by atoms with Gasteiger partial charge in [-0.3, -0.25) is 4.79 Å². The van der Waals surface area contributed by atoms with Gasteiger partial charge in [0.05, 0.1) is 7.11 Å². The molecule has 0 radical (unpaired) electrons. The van der Waals surface area contributed by atoms with Gasteiger partial charge in [-0.2, -0.15) is 0 Å². The van der Waals surface area contributed by atoms with Crippen LogP contribution in [0.3, 0.4) is 0 Å². The Hall–Kier alpha value is -4.27. The van der Waals surface area contributed by atoms with Crippen molar-refractivity contribution in [3.63, 3.8) is 0 Å². The topological polar surface area (TPSA) is 97.4 Å². The molecule has 9 nitrogen and oxygen atoms in total. The molecule has 2 aliphatic rings. The Labute approximate surface area is 260 Å². The third-order valence-corrected chi connectivity index (χ3v) is 7.36. The molecule has 0 aromatic heterocycles. The molecule has 2 aromatic rings. The summed E-state index contributed by atoms with van der Waals surface area (Å²) in [6, 6.07) is 11.3. The van der Waals surface area contributed by atoms with Gasteiger partial charge >= 0.3 is 12.2 Å². The van der Waals surface area contributed by atoms with Crippen molar-refractivity contribution in [1.82, 2.24) is 9.80 Å². The normalized spacial score (nSPS) is 15.6. The van der Waals surface area contributed by atoms with Gasteiger partial charge in [0.15, 0.2) is 0 Å². The van der Waals surface area contributed by atoms with Crippen molar-refractivity contribution in [3.8, 4) is 5.75 Å². The van der Waals surface area contributed by atoms with Crippen LogP contribution in [-0.4, -0.2) is 72.4 Å². The number of carbonyl (C=O) groups excluding carboxylic acids is 3. The molecule has 0 atom stereocenters. The Morgan fingerprint density at radius 1 is 0.750 bits per heavy atom. The Balaban J connectivity index is 1.40. The van der Waals surface area contributed by atoms with E-state index >= 15 is 0 Å². The van der Waals surface area contributed by atoms with Crippen LogP contribution in [0, 0.1) is 6.92 Å². The number of rotatable bonds is 5. The van der Waals surface area contributed by atoms with E-state index in [0.717, 1.165) is 27.8 Å². The largest absolute Gasteiger partial charge is 0.496 e. The summed E-state index contributed by atoms with van der Waals surface area (Å²) in [6.07, 6.45) is 4.84. The Morgan fingerprint density at radius 2 is 1.27 bits per heavy atom. The number of anilines is 1. The van der Waals surface area contributed by atoms with Crippen LogP contribution in [-0.2, 0) is 9.47 Å². The zero-order chi connectivity index (χ0) is 32.2. The van der Waals surface area contributed by atoms with Crippen LogP contribution in [0.1, 0.15) is 81.4 Å². The molecule has 0 bridgehead atoms. The van der Waals surface area contributed by atoms with Gasteiger partial charge < -0.3 is 29.3 Å². The molecule has 0 aliphatic carbocycles. The summed E-state index contributed by atoms with van der Waals surface area (Å²) in [4.78, 5) is 41.4. The summed E-state index contributed by atoms with van der Waals surface area (Å²) < 4.78 is 16.7. The van der Waals surface area contributed by atoms with Crippen LogP contribution in [0.2, 0.25) is 0 Å². The van der Waals surface area contributed by atoms with E-state index in [0.29, 0.717) is 56.0 Å². The fraction of sp³-hybridized carbons (Fsp3) is 0.457. The van der Waals surface area contributed by atoms with Gasteiger partial charge in [0.2, 0.25) is 0 Å². The SMILES string of the molecule is COc1cc(NC(=O)c2ccc(C3=CCN(C(=O)OC(C)(C)C)CC3)c(C)c2)ccc1C1=CCN(C(=O)OC(C)(C)C)CC1. The maximum absolute atomic E-state index is 13.2. The molecule has 2 heterocycles. The summed E-state index contributed by atoms with van der Waals surface area (Å²) in [5.74, 6) is 0.434. The lowest BCUT2D eigenvalue weighted by Gasteiger charge is -2.30. The number of ether oxygens (including phenoxy) is 3. The highest BCUT2D eigenvalue weighted by Crippen LogP contribution is 2.33. The molecule has 9 heteroatoms. The van der Waals surface area contributed by atoms with Gasteiger partial charge in [-0.1, -0.05) is 18.2 Å². The highest BCUT2D eigenvalue weighted by Gasteiger charge is 2.26. The quantitative estimate of drug-likeness (QED) is 0.385. The first-order chi connectivity index (χ1) is 20.6. The highest BCUT2D eigenvalue weighted by atomic mass is 16.6. The molecule has 0 fully saturated rings. The fourth-order valence-electron chi connectivity index (χ4n) is 5.21. The number of aryl methyl sites for hydroxylation is 1. The van der Waals surface area contributed by atoms with Gasteiger partial charge in [-0.05, 0) is 108 Å². The van der Waals surface area contributed by atoms with E-state index in [2.05, 4.69) is 11.4 Å². The molecular weight excluding hydrogens is 558 g/mol. The van der Waals surface area contributed by atoms with Crippen molar-refractivity contribution in [1.29, 1.82) is 0 Å². The maximum atomic E-state index is 13.2. The van der Waals surface area contributed by atoms with Crippen molar-refractivity contribution in [3.05, 3.63) is 70.8 Å². The van der Waals surface area contributed by atoms with E-state index in [1.54, 1.807) is 16.9 Å². The Kier molecular flexibility index (Phi) is 9.76. The van der Waals surface area contributed by atoms with Crippen LogP contribution in [0.15, 0.2) is 48.6 Å². The Bertz CT molecular complexity index is 1480. The van der Waals surface area contributed by atoms with E-state index in [4.69, 9.17) is 14.2 Å². The minimum atomic E-state index is -0.536. The minimum absolute atomic E-state index is 0.215. The van der Waals surface area contributed by atoms with Gasteiger partial charge in [0.1, 0.15) is 17.0 Å². The van der Waals surface area contributed by atoms with Crippen molar-refractivity contribution < 1.29 is 28.6 Å². The van der Waals surface area contributed by atoms with E-state index in [9.17, 15) is 14.4 Å². The highest BCUT2D eigenvalue weighted by molar-refractivity contribution is 6.05. The number of amides is 3. The maximum Gasteiger partial charge on any atom is 0.410 e. The van der Waals surface area contributed by atoms with Crippen LogP contribution in [0.5, 0.6) is 5.75 Å². The zero-order valence-corrected chi connectivity index (χ0v) is 27.2. The third-order valence-electron chi connectivity index (χ3n) is 7.36. The van der Waals surface area contributed by atoms with E-state index in [-0.39, 0.29) is 18.1 Å². The second-order valence-corrected chi connectivity index (χ2v) is 13.2. The third kappa shape index (κ3) is 8.42. The van der Waals surface area contributed by atoms with E-state index in [1.165, 1.54) is 0 Å². The van der Waals surface area contributed by atoms with Gasteiger partial charge in [-0.15, -0.1) is 0 Å². The summed E-state index contributed by atoms with van der Waals surface area (Å²) in [6.45, 7) is 15.2. The summed E-state index contributed by atoms with van der Waals surface area (Å²) >= 11 is 0. The van der Waals surface area contributed by atoms with E-state index in [1.807, 2.05) is 90.9 Å². The lowest BCUT2D eigenvalue weighted by atomic mass is 9.94. The average Bonchev–Trinajstić information content (AvgIpc) is 2.95. The van der Waals surface area contributed by atoms with Crippen LogP contribution < -0.4 is 10.1 Å². The van der Waals surface area contributed by atoms with Crippen molar-refractivity contribution in [2.75, 3.05) is 38.6 Å². The minimum Gasteiger partial charge on any atom is -0.496 e. The molecule has 44 heavy (non-hydrogen) atoms. The predicted molar refractivity (Wildman–Crippen MR) is 173 cm³/mol.